The van der Waals surface area contributed by atoms with Gasteiger partial charge in [0.1, 0.15) is 16.7 Å². The van der Waals surface area contributed by atoms with Crippen LogP contribution in [-0.2, 0) is 16.0 Å². The summed E-state index contributed by atoms with van der Waals surface area (Å²) in [6.45, 7) is 2.01. The molecule has 0 spiro atoms. The minimum atomic E-state index is -0.613. The van der Waals surface area contributed by atoms with Crippen LogP contribution in [-0.4, -0.2) is 17.1 Å². The smallest absolute Gasteiger partial charge is 0.269 e. The number of para-hydroxylation sites is 2. The van der Waals surface area contributed by atoms with E-state index in [9.17, 15) is 14.9 Å². The maximum atomic E-state index is 13.5. The number of nitriles is 1. The van der Waals surface area contributed by atoms with E-state index in [2.05, 4.69) is 5.32 Å². The molecular formula is C26H20ClN3O2S. The number of amides is 2. The monoisotopic (exact) mass is 473 g/mol. The van der Waals surface area contributed by atoms with Crippen molar-refractivity contribution in [3.63, 3.8) is 0 Å². The molecule has 3 aromatic rings. The summed E-state index contributed by atoms with van der Waals surface area (Å²) >= 11 is 7.40. The first-order valence-electron chi connectivity index (χ1n) is 10.3. The van der Waals surface area contributed by atoms with Crippen LogP contribution in [0.5, 0.6) is 0 Å². The fourth-order valence-electron chi connectivity index (χ4n) is 3.48. The highest BCUT2D eigenvalue weighted by atomic mass is 35.5. The summed E-state index contributed by atoms with van der Waals surface area (Å²) in [7, 11) is 0. The van der Waals surface area contributed by atoms with Gasteiger partial charge in [0.15, 0.2) is 0 Å². The Kier molecular flexibility index (Phi) is 6.83. The topological polar surface area (TPSA) is 73.2 Å². The Bertz CT molecular complexity index is 1270. The Morgan fingerprint density at radius 2 is 1.73 bits per heavy atom. The van der Waals surface area contributed by atoms with Gasteiger partial charge in [-0.3, -0.25) is 14.5 Å². The van der Waals surface area contributed by atoms with E-state index in [-0.39, 0.29) is 11.5 Å². The van der Waals surface area contributed by atoms with E-state index in [1.807, 2.05) is 55.5 Å². The number of carbonyl (C=O) groups excluding carboxylic acids is 2. The van der Waals surface area contributed by atoms with Crippen molar-refractivity contribution < 1.29 is 9.59 Å². The molecule has 164 valence electrons. The van der Waals surface area contributed by atoms with Crippen LogP contribution in [0.2, 0.25) is 5.02 Å². The summed E-state index contributed by atoms with van der Waals surface area (Å²) in [5.74, 6) is -0.780. The van der Waals surface area contributed by atoms with E-state index in [4.69, 9.17) is 11.6 Å². The molecule has 1 atom stereocenters. The molecule has 0 saturated carbocycles. The predicted octanol–water partition coefficient (Wildman–Crippen LogP) is 5.71. The van der Waals surface area contributed by atoms with Gasteiger partial charge in [0.25, 0.3) is 5.91 Å². The normalized spacial score (nSPS) is 16.9. The molecule has 5 nitrogen and oxygen atoms in total. The highest BCUT2D eigenvalue weighted by molar-refractivity contribution is 8.05. The molecule has 1 fully saturated rings. The summed E-state index contributed by atoms with van der Waals surface area (Å²) in [4.78, 5) is 28.0. The van der Waals surface area contributed by atoms with Crippen molar-refractivity contribution in [1.29, 1.82) is 5.26 Å². The third-order valence-corrected chi connectivity index (χ3v) is 6.78. The first-order valence-corrected chi connectivity index (χ1v) is 11.5. The summed E-state index contributed by atoms with van der Waals surface area (Å²) in [6, 6.07) is 25.8. The lowest BCUT2D eigenvalue weighted by atomic mass is 10.1. The van der Waals surface area contributed by atoms with Crippen LogP contribution >= 0.6 is 23.4 Å². The van der Waals surface area contributed by atoms with Gasteiger partial charge in [-0.15, -0.1) is 0 Å². The molecule has 3 aromatic carbocycles. The lowest BCUT2D eigenvalue weighted by Crippen LogP contribution is -2.30. The Morgan fingerprint density at radius 3 is 2.39 bits per heavy atom. The molecule has 4 rings (SSSR count). The second-order valence-corrected chi connectivity index (χ2v) is 9.13. The van der Waals surface area contributed by atoms with Crippen LogP contribution in [0.4, 0.5) is 11.4 Å². The summed E-state index contributed by atoms with van der Waals surface area (Å²) < 4.78 is 0. The molecule has 33 heavy (non-hydrogen) atoms. The number of nitrogens with zero attached hydrogens (tertiary/aromatic N) is 2. The van der Waals surface area contributed by atoms with E-state index < -0.39 is 11.2 Å². The molecule has 1 aliphatic heterocycles. The molecule has 2 amide bonds. The molecule has 1 saturated heterocycles. The summed E-state index contributed by atoms with van der Waals surface area (Å²) in [5.41, 5.74) is 3.02. The van der Waals surface area contributed by atoms with Gasteiger partial charge in [0.2, 0.25) is 5.91 Å². The van der Waals surface area contributed by atoms with Crippen LogP contribution in [0.25, 0.3) is 0 Å². The number of benzene rings is 3. The van der Waals surface area contributed by atoms with Gasteiger partial charge in [0.05, 0.1) is 16.0 Å². The number of nitrogens with one attached hydrogen (secondary N) is 1. The van der Waals surface area contributed by atoms with Crippen molar-refractivity contribution in [2.45, 2.75) is 18.6 Å². The maximum absolute atomic E-state index is 13.5. The largest absolute Gasteiger partial charge is 0.320 e. The molecule has 0 aromatic heterocycles. The van der Waals surface area contributed by atoms with Crippen molar-refractivity contribution in [2.24, 2.45) is 0 Å². The summed E-state index contributed by atoms with van der Waals surface area (Å²) in [6.07, 6.45) is 0.488. The molecular weight excluding hydrogens is 454 g/mol. The number of anilines is 2. The van der Waals surface area contributed by atoms with Gasteiger partial charge >= 0.3 is 0 Å². The third-order valence-electron chi connectivity index (χ3n) is 5.18. The summed E-state index contributed by atoms with van der Waals surface area (Å²) in [5, 5.41) is 12.8. The fraction of sp³-hybridized carbons (Fsp3) is 0.115. The van der Waals surface area contributed by atoms with Crippen LogP contribution in [0, 0.1) is 18.3 Å². The number of aryl methyl sites for hydroxylation is 1. The van der Waals surface area contributed by atoms with Crippen molar-refractivity contribution >= 4 is 46.6 Å². The van der Waals surface area contributed by atoms with Crippen LogP contribution in [0.3, 0.4) is 0 Å². The number of thioether (sulfide) groups is 1. The lowest BCUT2D eigenvalue weighted by molar-refractivity contribution is -0.117. The zero-order chi connectivity index (χ0) is 23.4. The number of halogens is 1. The highest BCUT2D eigenvalue weighted by Crippen LogP contribution is 2.42. The van der Waals surface area contributed by atoms with Gasteiger partial charge in [-0.1, -0.05) is 83.5 Å². The van der Waals surface area contributed by atoms with Crippen LogP contribution in [0.1, 0.15) is 11.1 Å². The average molecular weight is 474 g/mol. The van der Waals surface area contributed by atoms with E-state index in [1.165, 1.54) is 16.7 Å². The Balaban J connectivity index is 1.72. The quantitative estimate of drug-likeness (QED) is 0.380. The van der Waals surface area contributed by atoms with E-state index in [0.717, 1.165) is 11.1 Å². The minimum absolute atomic E-state index is 0.136. The SMILES string of the molecule is Cc1ccc(C[C@@H]2S/C(=C(/C#N)C(=O)Nc3ccccc3Cl)N(c3ccccc3)C2=O)cc1. The second kappa shape index (κ2) is 9.95. The third kappa shape index (κ3) is 4.95. The van der Waals surface area contributed by atoms with Crippen molar-refractivity contribution in [3.05, 3.63) is 106 Å². The molecule has 1 N–H and O–H groups in total. The van der Waals surface area contributed by atoms with E-state index in [1.54, 1.807) is 36.4 Å². The van der Waals surface area contributed by atoms with Crippen LogP contribution < -0.4 is 10.2 Å². The van der Waals surface area contributed by atoms with E-state index >= 15 is 0 Å². The van der Waals surface area contributed by atoms with Gasteiger partial charge in [-0.05, 0) is 43.2 Å². The first-order chi connectivity index (χ1) is 16.0. The van der Waals surface area contributed by atoms with E-state index in [0.29, 0.717) is 27.8 Å². The molecule has 1 aliphatic rings. The molecule has 7 heteroatoms. The van der Waals surface area contributed by atoms with Gasteiger partial charge in [-0.25, -0.2) is 0 Å². The number of hydrogen-bond donors (Lipinski definition) is 1. The zero-order valence-electron chi connectivity index (χ0n) is 17.8. The molecule has 0 unspecified atom stereocenters. The van der Waals surface area contributed by atoms with Crippen molar-refractivity contribution in [1.82, 2.24) is 0 Å². The zero-order valence-corrected chi connectivity index (χ0v) is 19.4. The Morgan fingerprint density at radius 1 is 1.06 bits per heavy atom. The molecule has 0 radical (unpaired) electrons. The Labute approximate surface area is 201 Å². The first kappa shape index (κ1) is 22.7. The van der Waals surface area contributed by atoms with Crippen LogP contribution in [0.15, 0.2) is 89.5 Å². The predicted molar refractivity (Wildman–Crippen MR) is 133 cm³/mol. The second-order valence-electron chi connectivity index (χ2n) is 7.53. The van der Waals surface area contributed by atoms with Crippen molar-refractivity contribution in [2.75, 3.05) is 10.2 Å². The highest BCUT2D eigenvalue weighted by Gasteiger charge is 2.40. The fourth-order valence-corrected chi connectivity index (χ4v) is 4.98. The lowest BCUT2D eigenvalue weighted by Gasteiger charge is -2.18. The van der Waals surface area contributed by atoms with Gasteiger partial charge in [0, 0.05) is 5.69 Å². The number of carbonyl (C=O) groups is 2. The maximum Gasteiger partial charge on any atom is 0.269 e. The number of rotatable bonds is 5. The minimum Gasteiger partial charge on any atom is -0.320 e. The van der Waals surface area contributed by atoms with Gasteiger partial charge in [-0.2, -0.15) is 5.26 Å². The number of hydrogen-bond acceptors (Lipinski definition) is 4. The standard InChI is InChI=1S/C26H20ClN3O2S/c1-17-11-13-18(14-12-17)15-23-25(32)30(19-7-3-2-4-8-19)26(33-23)20(16-28)24(31)29-22-10-6-5-9-21(22)27/h2-14,23H,15H2,1H3,(H,29,31)/b26-20-/t23-/m0/s1. The molecule has 0 aliphatic carbocycles. The van der Waals surface area contributed by atoms with Gasteiger partial charge < -0.3 is 5.32 Å². The molecule has 1 heterocycles. The molecule has 0 bridgehead atoms. The average Bonchev–Trinajstić information content (AvgIpc) is 3.13. The Hall–Kier alpha value is -3.53. The van der Waals surface area contributed by atoms with Crippen molar-refractivity contribution in [3.8, 4) is 6.07 Å².